The maximum atomic E-state index is 12.6. The molecule has 0 spiro atoms. The maximum absolute atomic E-state index is 12.6. The molecule has 1 atom stereocenters. The zero-order chi connectivity index (χ0) is 18.0. The third-order valence-electron chi connectivity index (χ3n) is 4.50. The standard InChI is InChI=1S/C20H23NO3S/c1-4-24-20(23)17-15-9-8-13(3)11-16(15)25-19(17)21-18(22)14-7-5-6-12(2)10-14/h5-7,10,13H,4,8-9,11H2,1-3H3,(H,21,22)/t13-/m1/s1. The summed E-state index contributed by atoms with van der Waals surface area (Å²) in [4.78, 5) is 26.3. The molecular weight excluding hydrogens is 334 g/mol. The molecule has 2 aromatic rings. The van der Waals surface area contributed by atoms with Crippen LogP contribution in [0.5, 0.6) is 0 Å². The number of carbonyl (C=O) groups is 2. The molecule has 1 N–H and O–H groups in total. The number of hydrogen-bond donors (Lipinski definition) is 1. The fourth-order valence-corrected chi connectivity index (χ4v) is 4.61. The highest BCUT2D eigenvalue weighted by Crippen LogP contribution is 2.40. The van der Waals surface area contributed by atoms with Gasteiger partial charge in [-0.2, -0.15) is 0 Å². The van der Waals surface area contributed by atoms with Crippen molar-refractivity contribution in [2.24, 2.45) is 5.92 Å². The largest absolute Gasteiger partial charge is 0.462 e. The summed E-state index contributed by atoms with van der Waals surface area (Å²) < 4.78 is 5.24. The van der Waals surface area contributed by atoms with Gasteiger partial charge in [-0.3, -0.25) is 4.79 Å². The van der Waals surface area contributed by atoms with Gasteiger partial charge in [-0.25, -0.2) is 4.79 Å². The van der Waals surface area contributed by atoms with Gasteiger partial charge in [0.2, 0.25) is 0 Å². The molecule has 1 heterocycles. The van der Waals surface area contributed by atoms with Crippen molar-refractivity contribution in [2.75, 3.05) is 11.9 Å². The van der Waals surface area contributed by atoms with E-state index in [9.17, 15) is 9.59 Å². The minimum absolute atomic E-state index is 0.194. The topological polar surface area (TPSA) is 55.4 Å². The van der Waals surface area contributed by atoms with Gasteiger partial charge in [0.25, 0.3) is 5.91 Å². The Morgan fingerprint density at radius 3 is 2.88 bits per heavy atom. The summed E-state index contributed by atoms with van der Waals surface area (Å²) >= 11 is 1.51. The number of amides is 1. The molecule has 0 saturated heterocycles. The van der Waals surface area contributed by atoms with E-state index in [4.69, 9.17) is 4.74 Å². The molecule has 1 aromatic heterocycles. The summed E-state index contributed by atoms with van der Waals surface area (Å²) in [6.45, 7) is 6.29. The Kier molecular flexibility index (Phi) is 5.23. The van der Waals surface area contributed by atoms with Crippen molar-refractivity contribution in [2.45, 2.75) is 40.0 Å². The minimum Gasteiger partial charge on any atom is -0.462 e. The number of hydrogen-bond acceptors (Lipinski definition) is 4. The molecule has 4 nitrogen and oxygen atoms in total. The Bertz CT molecular complexity index is 809. The normalized spacial score (nSPS) is 16.2. The first kappa shape index (κ1) is 17.7. The van der Waals surface area contributed by atoms with E-state index in [0.29, 0.717) is 28.7 Å². The van der Waals surface area contributed by atoms with E-state index < -0.39 is 0 Å². The highest BCUT2D eigenvalue weighted by Gasteiger charge is 2.29. The Morgan fingerprint density at radius 1 is 1.36 bits per heavy atom. The van der Waals surface area contributed by atoms with Gasteiger partial charge in [0.15, 0.2) is 0 Å². The number of rotatable bonds is 4. The lowest BCUT2D eigenvalue weighted by molar-refractivity contribution is 0.0526. The monoisotopic (exact) mass is 357 g/mol. The van der Waals surface area contributed by atoms with Crippen LogP contribution in [0.2, 0.25) is 0 Å². The third-order valence-corrected chi connectivity index (χ3v) is 5.67. The molecule has 0 aliphatic heterocycles. The molecule has 0 saturated carbocycles. The van der Waals surface area contributed by atoms with Gasteiger partial charge < -0.3 is 10.1 Å². The number of nitrogens with one attached hydrogen (secondary N) is 1. The fourth-order valence-electron chi connectivity index (χ4n) is 3.22. The molecule has 25 heavy (non-hydrogen) atoms. The van der Waals surface area contributed by atoms with Crippen molar-refractivity contribution in [3.05, 3.63) is 51.4 Å². The lowest BCUT2D eigenvalue weighted by atomic mass is 9.88. The van der Waals surface area contributed by atoms with E-state index in [1.807, 2.05) is 25.1 Å². The van der Waals surface area contributed by atoms with Crippen LogP contribution in [-0.2, 0) is 17.6 Å². The summed E-state index contributed by atoms with van der Waals surface area (Å²) in [7, 11) is 0. The van der Waals surface area contributed by atoms with Gasteiger partial charge in [-0.1, -0.05) is 24.6 Å². The number of fused-ring (bicyclic) bond motifs is 1. The molecule has 132 valence electrons. The molecule has 5 heteroatoms. The Balaban J connectivity index is 1.94. The summed E-state index contributed by atoms with van der Waals surface area (Å²) in [5.41, 5.74) is 3.22. The van der Waals surface area contributed by atoms with Gasteiger partial charge >= 0.3 is 5.97 Å². The summed E-state index contributed by atoms with van der Waals surface area (Å²) in [5, 5.41) is 3.56. The molecule has 1 aromatic carbocycles. The first-order valence-corrected chi connectivity index (χ1v) is 9.51. The predicted molar refractivity (Wildman–Crippen MR) is 101 cm³/mol. The molecule has 0 fully saturated rings. The molecule has 0 bridgehead atoms. The van der Waals surface area contributed by atoms with Crippen LogP contribution in [0.15, 0.2) is 24.3 Å². The van der Waals surface area contributed by atoms with Crippen LogP contribution in [-0.4, -0.2) is 18.5 Å². The summed E-state index contributed by atoms with van der Waals surface area (Å²) in [6, 6.07) is 7.43. The van der Waals surface area contributed by atoms with Crippen molar-refractivity contribution in [3.8, 4) is 0 Å². The van der Waals surface area contributed by atoms with E-state index in [1.54, 1.807) is 13.0 Å². The first-order valence-electron chi connectivity index (χ1n) is 8.69. The van der Waals surface area contributed by atoms with Gasteiger partial charge in [0.05, 0.1) is 12.2 Å². The number of ether oxygens (including phenoxy) is 1. The highest BCUT2D eigenvalue weighted by atomic mass is 32.1. The average Bonchev–Trinajstić information content (AvgIpc) is 2.91. The highest BCUT2D eigenvalue weighted by molar-refractivity contribution is 7.17. The molecule has 0 radical (unpaired) electrons. The second kappa shape index (κ2) is 7.40. The number of benzene rings is 1. The van der Waals surface area contributed by atoms with Crippen LogP contribution in [0, 0.1) is 12.8 Å². The first-order chi connectivity index (χ1) is 12.0. The van der Waals surface area contributed by atoms with Crippen LogP contribution >= 0.6 is 11.3 Å². The minimum atomic E-state index is -0.339. The van der Waals surface area contributed by atoms with Gasteiger partial charge in [0.1, 0.15) is 5.00 Å². The van der Waals surface area contributed by atoms with E-state index in [2.05, 4.69) is 12.2 Å². The van der Waals surface area contributed by atoms with Crippen LogP contribution in [0.1, 0.15) is 57.0 Å². The van der Waals surface area contributed by atoms with Crippen LogP contribution < -0.4 is 5.32 Å². The van der Waals surface area contributed by atoms with E-state index in [1.165, 1.54) is 16.2 Å². The molecule has 1 aliphatic rings. The zero-order valence-corrected chi connectivity index (χ0v) is 15.7. The molecule has 0 unspecified atom stereocenters. The number of esters is 1. The summed E-state index contributed by atoms with van der Waals surface area (Å²) in [5.74, 6) is 0.0662. The van der Waals surface area contributed by atoms with E-state index in [0.717, 1.165) is 30.4 Å². The van der Waals surface area contributed by atoms with Crippen molar-refractivity contribution < 1.29 is 14.3 Å². The molecule has 1 aliphatic carbocycles. The maximum Gasteiger partial charge on any atom is 0.341 e. The smallest absolute Gasteiger partial charge is 0.341 e. The van der Waals surface area contributed by atoms with Crippen LogP contribution in [0.4, 0.5) is 5.00 Å². The Morgan fingerprint density at radius 2 is 2.16 bits per heavy atom. The SMILES string of the molecule is CCOC(=O)c1c(NC(=O)c2cccc(C)c2)sc2c1CC[C@@H](C)C2. The third kappa shape index (κ3) is 3.76. The number of aryl methyl sites for hydroxylation is 1. The molecule has 1 amide bonds. The van der Waals surface area contributed by atoms with Crippen molar-refractivity contribution in [1.82, 2.24) is 0 Å². The fraction of sp³-hybridized carbons (Fsp3) is 0.400. The Hall–Kier alpha value is -2.14. The van der Waals surface area contributed by atoms with Crippen molar-refractivity contribution in [3.63, 3.8) is 0 Å². The van der Waals surface area contributed by atoms with Crippen LogP contribution in [0.3, 0.4) is 0 Å². The molecular formula is C20H23NO3S. The van der Waals surface area contributed by atoms with Gasteiger partial charge in [-0.05, 0) is 56.7 Å². The van der Waals surface area contributed by atoms with E-state index >= 15 is 0 Å². The number of carbonyl (C=O) groups excluding carboxylic acids is 2. The Labute approximate surface area is 152 Å². The number of anilines is 1. The number of thiophene rings is 1. The lowest BCUT2D eigenvalue weighted by Gasteiger charge is -2.18. The average molecular weight is 357 g/mol. The predicted octanol–water partition coefficient (Wildman–Crippen LogP) is 4.61. The second-order valence-electron chi connectivity index (χ2n) is 6.60. The van der Waals surface area contributed by atoms with Crippen molar-refractivity contribution >= 4 is 28.2 Å². The summed E-state index contributed by atoms with van der Waals surface area (Å²) in [6.07, 6.45) is 2.87. The lowest BCUT2D eigenvalue weighted by Crippen LogP contribution is -2.16. The molecule has 3 rings (SSSR count). The van der Waals surface area contributed by atoms with Crippen molar-refractivity contribution in [1.29, 1.82) is 0 Å². The quantitative estimate of drug-likeness (QED) is 0.813. The van der Waals surface area contributed by atoms with Crippen LogP contribution in [0.25, 0.3) is 0 Å². The van der Waals surface area contributed by atoms with E-state index in [-0.39, 0.29) is 11.9 Å². The second-order valence-corrected chi connectivity index (χ2v) is 7.71. The van der Waals surface area contributed by atoms with Gasteiger partial charge in [-0.15, -0.1) is 11.3 Å². The zero-order valence-electron chi connectivity index (χ0n) is 14.8. The van der Waals surface area contributed by atoms with Gasteiger partial charge in [0, 0.05) is 10.4 Å².